The molecule has 0 bridgehead atoms. The van der Waals surface area contributed by atoms with Gasteiger partial charge in [-0.3, -0.25) is 0 Å². The van der Waals surface area contributed by atoms with Gasteiger partial charge >= 0.3 is 0 Å². The van der Waals surface area contributed by atoms with E-state index in [0.29, 0.717) is 12.3 Å². The van der Waals surface area contributed by atoms with Crippen molar-refractivity contribution in [2.75, 3.05) is 13.7 Å². The van der Waals surface area contributed by atoms with E-state index in [1.807, 2.05) is 6.92 Å². The Labute approximate surface area is 87.8 Å². The fraction of sp³-hybridized carbons (Fsp3) is 0.400. The lowest BCUT2D eigenvalue weighted by Gasteiger charge is -2.14. The van der Waals surface area contributed by atoms with Crippen LogP contribution in [0.1, 0.15) is 18.4 Å². The number of nitrogens with two attached hydrogens (primary N) is 1. The summed E-state index contributed by atoms with van der Waals surface area (Å²) in [5, 5.41) is 0.0646. The predicted molar refractivity (Wildman–Crippen MR) is 55.4 cm³/mol. The molecule has 1 unspecified atom stereocenters. The summed E-state index contributed by atoms with van der Waals surface area (Å²) < 4.78 is 18.3. The lowest BCUT2D eigenvalue weighted by molar-refractivity contribution is 0.405. The van der Waals surface area contributed by atoms with E-state index in [1.165, 1.54) is 19.2 Å². The SMILES string of the molecule is COc1cc(Cl)c(F)cc1C(C)CN. The third-order valence-corrected chi connectivity index (χ3v) is 2.45. The van der Waals surface area contributed by atoms with Gasteiger partial charge in [0.1, 0.15) is 11.6 Å². The second-order valence-electron chi connectivity index (χ2n) is 3.15. The van der Waals surface area contributed by atoms with Crippen LogP contribution < -0.4 is 10.5 Å². The van der Waals surface area contributed by atoms with Gasteiger partial charge in [0, 0.05) is 11.6 Å². The van der Waals surface area contributed by atoms with Gasteiger partial charge in [0.05, 0.1) is 12.1 Å². The van der Waals surface area contributed by atoms with E-state index in [0.717, 1.165) is 5.56 Å². The molecule has 2 nitrogen and oxygen atoms in total. The standard InChI is InChI=1S/C10H13ClFNO/c1-6(5-13)7-3-9(12)8(11)4-10(7)14-2/h3-4,6H,5,13H2,1-2H3. The normalized spacial score (nSPS) is 12.6. The molecule has 0 radical (unpaired) electrons. The number of methoxy groups -OCH3 is 1. The first-order valence-corrected chi connectivity index (χ1v) is 4.71. The van der Waals surface area contributed by atoms with Crippen molar-refractivity contribution in [2.24, 2.45) is 5.73 Å². The highest BCUT2D eigenvalue weighted by atomic mass is 35.5. The highest BCUT2D eigenvalue weighted by Crippen LogP contribution is 2.30. The number of benzene rings is 1. The van der Waals surface area contributed by atoms with E-state index in [9.17, 15) is 4.39 Å². The predicted octanol–water partition coefficient (Wildman–Crippen LogP) is 2.55. The molecule has 2 N–H and O–H groups in total. The molecule has 0 aliphatic heterocycles. The Balaban J connectivity index is 3.19. The summed E-state index contributed by atoms with van der Waals surface area (Å²) in [6.45, 7) is 2.35. The first-order valence-electron chi connectivity index (χ1n) is 4.33. The third-order valence-electron chi connectivity index (χ3n) is 2.16. The van der Waals surface area contributed by atoms with Gasteiger partial charge in [0.15, 0.2) is 0 Å². The van der Waals surface area contributed by atoms with Gasteiger partial charge in [-0.15, -0.1) is 0 Å². The summed E-state index contributed by atoms with van der Waals surface area (Å²) in [6.07, 6.45) is 0. The molecular weight excluding hydrogens is 205 g/mol. The molecule has 0 aliphatic carbocycles. The molecule has 1 aromatic carbocycles. The quantitative estimate of drug-likeness (QED) is 0.845. The van der Waals surface area contributed by atoms with E-state index in [-0.39, 0.29) is 10.9 Å². The Morgan fingerprint density at radius 3 is 2.71 bits per heavy atom. The van der Waals surface area contributed by atoms with E-state index < -0.39 is 5.82 Å². The molecule has 1 aromatic rings. The van der Waals surface area contributed by atoms with Crippen molar-refractivity contribution in [3.8, 4) is 5.75 Å². The van der Waals surface area contributed by atoms with Crippen molar-refractivity contribution in [1.29, 1.82) is 0 Å². The zero-order valence-electron chi connectivity index (χ0n) is 8.18. The number of hydrogen-bond donors (Lipinski definition) is 1. The molecule has 0 amide bonds. The molecular formula is C10H13ClFNO. The van der Waals surface area contributed by atoms with Gasteiger partial charge in [0.2, 0.25) is 0 Å². The monoisotopic (exact) mass is 217 g/mol. The van der Waals surface area contributed by atoms with Gasteiger partial charge in [-0.2, -0.15) is 0 Å². The van der Waals surface area contributed by atoms with Crippen LogP contribution in [-0.4, -0.2) is 13.7 Å². The topological polar surface area (TPSA) is 35.2 Å². The average molecular weight is 218 g/mol. The molecule has 0 aromatic heterocycles. The maximum atomic E-state index is 13.2. The Hall–Kier alpha value is -0.800. The van der Waals surface area contributed by atoms with E-state index >= 15 is 0 Å². The van der Waals surface area contributed by atoms with Gasteiger partial charge in [-0.1, -0.05) is 18.5 Å². The van der Waals surface area contributed by atoms with Crippen LogP contribution in [0.3, 0.4) is 0 Å². The van der Waals surface area contributed by atoms with E-state index in [4.69, 9.17) is 22.1 Å². The Bertz CT molecular complexity index is 330. The van der Waals surface area contributed by atoms with Crippen molar-refractivity contribution in [3.05, 3.63) is 28.5 Å². The summed E-state index contributed by atoms with van der Waals surface area (Å²) in [5.41, 5.74) is 6.25. The van der Waals surface area contributed by atoms with Crippen molar-refractivity contribution in [3.63, 3.8) is 0 Å². The minimum atomic E-state index is -0.442. The molecule has 4 heteroatoms. The third kappa shape index (κ3) is 2.16. The zero-order chi connectivity index (χ0) is 10.7. The second-order valence-corrected chi connectivity index (χ2v) is 3.55. The number of hydrogen-bond acceptors (Lipinski definition) is 2. The first kappa shape index (κ1) is 11.3. The molecule has 0 spiro atoms. The maximum absolute atomic E-state index is 13.2. The second kappa shape index (κ2) is 4.62. The summed E-state index contributed by atoms with van der Waals surface area (Å²) in [4.78, 5) is 0. The summed E-state index contributed by atoms with van der Waals surface area (Å²) in [6, 6.07) is 2.84. The molecule has 0 aliphatic rings. The summed E-state index contributed by atoms with van der Waals surface area (Å²) in [7, 11) is 1.52. The van der Waals surface area contributed by atoms with Crippen LogP contribution in [0.15, 0.2) is 12.1 Å². The van der Waals surface area contributed by atoms with Gasteiger partial charge < -0.3 is 10.5 Å². The van der Waals surface area contributed by atoms with Crippen molar-refractivity contribution in [1.82, 2.24) is 0 Å². The fourth-order valence-corrected chi connectivity index (χ4v) is 1.39. The van der Waals surface area contributed by atoms with Crippen LogP contribution in [0, 0.1) is 5.82 Å². The van der Waals surface area contributed by atoms with Crippen molar-refractivity contribution >= 4 is 11.6 Å². The smallest absolute Gasteiger partial charge is 0.142 e. The van der Waals surface area contributed by atoms with Crippen LogP contribution in [-0.2, 0) is 0 Å². The maximum Gasteiger partial charge on any atom is 0.142 e. The molecule has 1 rings (SSSR count). The van der Waals surface area contributed by atoms with Crippen molar-refractivity contribution < 1.29 is 9.13 Å². The Morgan fingerprint density at radius 2 is 2.21 bits per heavy atom. The Kier molecular flexibility index (Phi) is 3.72. The lowest BCUT2D eigenvalue weighted by Crippen LogP contribution is -2.10. The van der Waals surface area contributed by atoms with Gasteiger partial charge in [-0.25, -0.2) is 4.39 Å². The lowest BCUT2D eigenvalue weighted by atomic mass is 10.0. The minimum Gasteiger partial charge on any atom is -0.496 e. The molecule has 0 heterocycles. The van der Waals surface area contributed by atoms with E-state index in [2.05, 4.69) is 0 Å². The van der Waals surface area contributed by atoms with E-state index in [1.54, 1.807) is 0 Å². The minimum absolute atomic E-state index is 0.0525. The number of ether oxygens (including phenoxy) is 1. The largest absolute Gasteiger partial charge is 0.496 e. The van der Waals surface area contributed by atoms with Crippen LogP contribution >= 0.6 is 11.6 Å². The number of halogens is 2. The first-order chi connectivity index (χ1) is 6.60. The van der Waals surface area contributed by atoms with Crippen LogP contribution in [0.25, 0.3) is 0 Å². The van der Waals surface area contributed by atoms with Crippen molar-refractivity contribution in [2.45, 2.75) is 12.8 Å². The van der Waals surface area contributed by atoms with Gasteiger partial charge in [-0.05, 0) is 18.5 Å². The van der Waals surface area contributed by atoms with Crippen LogP contribution in [0.4, 0.5) is 4.39 Å². The molecule has 0 fully saturated rings. The molecule has 0 saturated heterocycles. The average Bonchev–Trinajstić information content (AvgIpc) is 2.20. The summed E-state index contributed by atoms with van der Waals surface area (Å²) >= 11 is 5.63. The highest BCUT2D eigenvalue weighted by Gasteiger charge is 2.13. The van der Waals surface area contributed by atoms with Crippen LogP contribution in [0.2, 0.25) is 5.02 Å². The highest BCUT2D eigenvalue weighted by molar-refractivity contribution is 6.30. The molecule has 14 heavy (non-hydrogen) atoms. The molecule has 0 saturated carbocycles. The number of rotatable bonds is 3. The zero-order valence-corrected chi connectivity index (χ0v) is 8.94. The molecule has 78 valence electrons. The van der Waals surface area contributed by atoms with Gasteiger partial charge in [0.25, 0.3) is 0 Å². The summed E-state index contributed by atoms with van der Waals surface area (Å²) in [5.74, 6) is 0.189. The molecule has 1 atom stereocenters. The Morgan fingerprint density at radius 1 is 1.57 bits per heavy atom. The van der Waals surface area contributed by atoms with Crippen LogP contribution in [0.5, 0.6) is 5.75 Å². The fourth-order valence-electron chi connectivity index (χ4n) is 1.23.